The first-order chi connectivity index (χ1) is 8.90. The Morgan fingerprint density at radius 1 is 1.47 bits per heavy atom. The van der Waals surface area contributed by atoms with Gasteiger partial charge in [0.2, 0.25) is 5.03 Å². The lowest BCUT2D eigenvalue weighted by molar-refractivity contribution is 0.283. The molecule has 1 aromatic rings. The predicted molar refractivity (Wildman–Crippen MR) is 75.0 cm³/mol. The van der Waals surface area contributed by atoms with Gasteiger partial charge in [-0.15, -0.1) is 5.10 Å². The van der Waals surface area contributed by atoms with E-state index in [1.807, 2.05) is 0 Å². The number of aromatic nitrogens is 3. The van der Waals surface area contributed by atoms with Crippen LogP contribution in [0.2, 0.25) is 0 Å². The highest BCUT2D eigenvalue weighted by molar-refractivity contribution is 9.10. The zero-order chi connectivity index (χ0) is 14.0. The number of nitrogens with one attached hydrogen (secondary N) is 1. The summed E-state index contributed by atoms with van der Waals surface area (Å²) in [5, 5.41) is 7.47. The van der Waals surface area contributed by atoms with E-state index in [4.69, 9.17) is 0 Å². The van der Waals surface area contributed by atoms with Crippen LogP contribution in [0.1, 0.15) is 32.6 Å². The molecular formula is C11H19BrN4O2S. The summed E-state index contributed by atoms with van der Waals surface area (Å²) < 4.78 is 28.6. The summed E-state index contributed by atoms with van der Waals surface area (Å²) >= 11 is 3.11. The van der Waals surface area contributed by atoms with Crippen LogP contribution >= 0.6 is 15.9 Å². The van der Waals surface area contributed by atoms with Crippen LogP contribution in [0.3, 0.4) is 0 Å². The lowest BCUT2D eigenvalue weighted by atomic mass is 9.83. The van der Waals surface area contributed by atoms with Gasteiger partial charge in [0.1, 0.15) is 0 Å². The van der Waals surface area contributed by atoms with Gasteiger partial charge in [-0.25, -0.2) is 17.8 Å². The average molecular weight is 351 g/mol. The molecule has 1 N–H and O–H groups in total. The van der Waals surface area contributed by atoms with E-state index < -0.39 is 10.0 Å². The molecule has 1 fully saturated rings. The van der Waals surface area contributed by atoms with Crippen molar-refractivity contribution in [2.24, 2.45) is 18.9 Å². The Balaban J connectivity index is 2.02. The van der Waals surface area contributed by atoms with Crippen molar-refractivity contribution in [3.8, 4) is 0 Å². The van der Waals surface area contributed by atoms with Gasteiger partial charge < -0.3 is 0 Å². The highest BCUT2D eigenvalue weighted by atomic mass is 79.9. The van der Waals surface area contributed by atoms with E-state index in [0.717, 1.165) is 12.8 Å². The third-order valence-electron chi connectivity index (χ3n) is 3.60. The third kappa shape index (κ3) is 3.55. The summed E-state index contributed by atoms with van der Waals surface area (Å²) in [5.74, 6) is 1.12. The fourth-order valence-corrected chi connectivity index (χ4v) is 4.85. The van der Waals surface area contributed by atoms with Crippen LogP contribution in [0, 0.1) is 11.8 Å². The summed E-state index contributed by atoms with van der Waals surface area (Å²) in [7, 11) is -1.99. The van der Waals surface area contributed by atoms with Crippen LogP contribution in [0.4, 0.5) is 0 Å². The highest BCUT2D eigenvalue weighted by Crippen LogP contribution is 2.28. The number of sulfonamides is 1. The lowest BCUT2D eigenvalue weighted by Gasteiger charge is -2.26. The molecule has 0 saturated heterocycles. The molecule has 108 valence electrons. The van der Waals surface area contributed by atoms with Crippen LogP contribution in [0.15, 0.2) is 9.63 Å². The first-order valence-electron chi connectivity index (χ1n) is 6.45. The normalized spacial score (nSPS) is 24.6. The second-order valence-electron chi connectivity index (χ2n) is 5.30. The van der Waals surface area contributed by atoms with Crippen molar-refractivity contribution in [1.82, 2.24) is 19.7 Å². The maximum Gasteiger partial charge on any atom is 0.260 e. The van der Waals surface area contributed by atoms with Gasteiger partial charge in [-0.2, -0.15) is 0 Å². The smallest absolute Gasteiger partial charge is 0.235 e. The maximum atomic E-state index is 12.2. The summed E-state index contributed by atoms with van der Waals surface area (Å²) in [6, 6.07) is 0. The van der Waals surface area contributed by atoms with Crippen molar-refractivity contribution >= 4 is 26.0 Å². The second kappa shape index (κ2) is 5.88. The molecule has 1 aliphatic carbocycles. The van der Waals surface area contributed by atoms with Gasteiger partial charge >= 0.3 is 0 Å². The first-order valence-corrected chi connectivity index (χ1v) is 8.72. The molecule has 0 amide bonds. The fraction of sp³-hybridized carbons (Fsp3) is 0.818. The molecule has 2 atom stereocenters. The quantitative estimate of drug-likeness (QED) is 0.896. The van der Waals surface area contributed by atoms with Gasteiger partial charge in [0.25, 0.3) is 10.0 Å². The molecule has 1 aliphatic rings. The lowest BCUT2D eigenvalue weighted by Crippen LogP contribution is -2.32. The monoisotopic (exact) mass is 350 g/mol. The molecule has 2 unspecified atom stereocenters. The molecule has 0 radical (unpaired) electrons. The Labute approximate surface area is 122 Å². The second-order valence-corrected chi connectivity index (χ2v) is 7.73. The van der Waals surface area contributed by atoms with Gasteiger partial charge in [-0.3, -0.25) is 0 Å². The van der Waals surface area contributed by atoms with Gasteiger partial charge in [-0.05, 0) is 40.6 Å². The SMILES string of the molecule is CC1CCCC(CNS(=O)(=O)c2c(Br)nnn2C)C1. The molecule has 0 bridgehead atoms. The van der Waals surface area contributed by atoms with Crippen LogP contribution in [0.25, 0.3) is 0 Å². The van der Waals surface area contributed by atoms with E-state index in [1.54, 1.807) is 7.05 Å². The van der Waals surface area contributed by atoms with Gasteiger partial charge in [0, 0.05) is 13.6 Å². The Morgan fingerprint density at radius 3 is 2.79 bits per heavy atom. The number of nitrogens with zero attached hydrogens (tertiary/aromatic N) is 3. The minimum absolute atomic E-state index is 0.0800. The minimum Gasteiger partial charge on any atom is -0.235 e. The molecule has 0 aliphatic heterocycles. The maximum absolute atomic E-state index is 12.2. The molecule has 2 rings (SSSR count). The molecule has 6 nitrogen and oxygen atoms in total. The molecule has 0 spiro atoms. The number of aryl methyl sites for hydroxylation is 1. The van der Waals surface area contributed by atoms with Crippen molar-refractivity contribution < 1.29 is 8.42 Å². The predicted octanol–water partition coefficient (Wildman–Crippen LogP) is 1.68. The third-order valence-corrected chi connectivity index (χ3v) is 5.91. The van der Waals surface area contributed by atoms with Crippen molar-refractivity contribution in [3.63, 3.8) is 0 Å². The van der Waals surface area contributed by atoms with Gasteiger partial charge in [0.15, 0.2) is 4.60 Å². The zero-order valence-corrected chi connectivity index (χ0v) is 13.5. The van der Waals surface area contributed by atoms with Crippen LogP contribution in [-0.2, 0) is 17.1 Å². The molecular weight excluding hydrogens is 332 g/mol. The zero-order valence-electron chi connectivity index (χ0n) is 11.1. The van der Waals surface area contributed by atoms with Gasteiger partial charge in [0.05, 0.1) is 0 Å². The number of rotatable bonds is 4. The number of hydrogen-bond acceptors (Lipinski definition) is 4. The Morgan fingerprint density at radius 2 is 2.21 bits per heavy atom. The fourth-order valence-electron chi connectivity index (χ4n) is 2.65. The Bertz CT molecular complexity index is 523. The molecule has 1 saturated carbocycles. The molecule has 1 aromatic heterocycles. The molecule has 8 heteroatoms. The van der Waals surface area contributed by atoms with Crippen molar-refractivity contribution in [2.75, 3.05) is 6.54 Å². The van der Waals surface area contributed by atoms with E-state index >= 15 is 0 Å². The van der Waals surface area contributed by atoms with Crippen molar-refractivity contribution in [1.29, 1.82) is 0 Å². The largest absolute Gasteiger partial charge is 0.260 e. The summed E-state index contributed by atoms with van der Waals surface area (Å²) in [6.07, 6.45) is 4.62. The van der Waals surface area contributed by atoms with E-state index in [0.29, 0.717) is 18.4 Å². The molecule has 1 heterocycles. The van der Waals surface area contributed by atoms with E-state index in [2.05, 4.69) is 37.9 Å². The minimum atomic E-state index is -3.55. The summed E-state index contributed by atoms with van der Waals surface area (Å²) in [6.45, 7) is 2.71. The van der Waals surface area contributed by atoms with Crippen molar-refractivity contribution in [3.05, 3.63) is 4.60 Å². The van der Waals surface area contributed by atoms with Crippen LogP contribution < -0.4 is 4.72 Å². The topological polar surface area (TPSA) is 76.9 Å². The number of halogens is 1. The van der Waals surface area contributed by atoms with Crippen LogP contribution in [-0.4, -0.2) is 30.0 Å². The molecule has 19 heavy (non-hydrogen) atoms. The van der Waals surface area contributed by atoms with E-state index in [9.17, 15) is 8.42 Å². The van der Waals surface area contributed by atoms with Crippen molar-refractivity contribution in [2.45, 2.75) is 37.6 Å². The Hall–Kier alpha value is -0.470. The Kier molecular flexibility index (Phi) is 4.62. The van der Waals surface area contributed by atoms with Gasteiger partial charge in [-0.1, -0.05) is 25.0 Å². The highest BCUT2D eigenvalue weighted by Gasteiger charge is 2.26. The van der Waals surface area contributed by atoms with E-state index in [1.165, 1.54) is 17.5 Å². The first kappa shape index (κ1) is 14.9. The van der Waals surface area contributed by atoms with Crippen LogP contribution in [0.5, 0.6) is 0 Å². The average Bonchev–Trinajstić information content (AvgIpc) is 2.67. The molecule has 0 aromatic carbocycles. The summed E-state index contributed by atoms with van der Waals surface area (Å²) in [5.41, 5.74) is 0. The van der Waals surface area contributed by atoms with E-state index in [-0.39, 0.29) is 9.63 Å². The number of hydrogen-bond donors (Lipinski definition) is 1. The summed E-state index contributed by atoms with van der Waals surface area (Å²) in [4.78, 5) is 0. The standard InChI is InChI=1S/C11H19BrN4O2S/c1-8-4-3-5-9(6-8)7-13-19(17,18)11-10(12)14-15-16(11)2/h8-9,13H,3-7H2,1-2H3.